The molecule has 2 rings (SSSR count). The third kappa shape index (κ3) is 2.95. The summed E-state index contributed by atoms with van der Waals surface area (Å²) in [6.07, 6.45) is 0. The van der Waals surface area contributed by atoms with Crippen molar-refractivity contribution >= 4 is 33.9 Å². The van der Waals surface area contributed by atoms with Gasteiger partial charge in [-0.1, -0.05) is 19.9 Å². The normalized spacial score (nSPS) is 13.0. The maximum atomic E-state index is 6.21. The molecule has 18 heavy (non-hydrogen) atoms. The van der Waals surface area contributed by atoms with Gasteiger partial charge in [-0.05, 0) is 70.8 Å². The summed E-state index contributed by atoms with van der Waals surface area (Å²) >= 11 is 4.18. The average Bonchev–Trinajstić information content (AvgIpc) is 2.80. The number of aryl methyl sites for hydroxylation is 1. The summed E-state index contributed by atoms with van der Waals surface area (Å²) in [5.74, 6) is 0.480. The number of benzene rings is 1. The zero-order valence-electron chi connectivity index (χ0n) is 10.9. The van der Waals surface area contributed by atoms with Gasteiger partial charge in [-0.15, -0.1) is 11.3 Å². The fourth-order valence-electron chi connectivity index (χ4n) is 1.86. The summed E-state index contributed by atoms with van der Waals surface area (Å²) in [5, 5.41) is 0. The van der Waals surface area contributed by atoms with Gasteiger partial charge in [0, 0.05) is 19.4 Å². The Kier molecular flexibility index (Phi) is 4.45. The van der Waals surface area contributed by atoms with E-state index >= 15 is 0 Å². The van der Waals surface area contributed by atoms with Gasteiger partial charge < -0.3 is 5.73 Å². The van der Waals surface area contributed by atoms with E-state index in [-0.39, 0.29) is 6.04 Å². The van der Waals surface area contributed by atoms with Crippen LogP contribution in [-0.2, 0) is 0 Å². The molecule has 0 aliphatic rings. The maximum absolute atomic E-state index is 6.21. The van der Waals surface area contributed by atoms with Gasteiger partial charge in [0.1, 0.15) is 0 Å². The molecule has 1 aromatic carbocycles. The Balaban J connectivity index is 2.38. The predicted molar refractivity (Wildman–Crippen MR) is 89.0 cm³/mol. The largest absolute Gasteiger partial charge is 0.323 e. The number of nitrogens with two attached hydrogens (primary N) is 1. The zero-order chi connectivity index (χ0) is 13.3. The minimum Gasteiger partial charge on any atom is -0.323 e. The van der Waals surface area contributed by atoms with Crippen molar-refractivity contribution in [3.8, 4) is 10.4 Å². The van der Waals surface area contributed by atoms with Crippen molar-refractivity contribution < 1.29 is 0 Å². The van der Waals surface area contributed by atoms with Crippen LogP contribution in [0, 0.1) is 16.4 Å². The summed E-state index contributed by atoms with van der Waals surface area (Å²) < 4.78 is 1.27. The highest BCUT2D eigenvalue weighted by Crippen LogP contribution is 2.35. The molecule has 1 nitrogen and oxygen atoms in total. The van der Waals surface area contributed by atoms with Crippen LogP contribution in [0.25, 0.3) is 10.4 Å². The molecule has 0 aliphatic carbocycles. The topological polar surface area (TPSA) is 26.0 Å². The minimum atomic E-state index is 0.145. The van der Waals surface area contributed by atoms with Gasteiger partial charge in [0.2, 0.25) is 0 Å². The molecule has 3 heteroatoms. The van der Waals surface area contributed by atoms with E-state index in [1.54, 1.807) is 0 Å². The third-order valence-electron chi connectivity index (χ3n) is 3.14. The minimum absolute atomic E-state index is 0.145. The molecule has 1 atom stereocenters. The lowest BCUT2D eigenvalue weighted by Gasteiger charge is -2.13. The molecule has 0 bridgehead atoms. The first-order chi connectivity index (χ1) is 8.49. The highest BCUT2D eigenvalue weighted by molar-refractivity contribution is 14.1. The number of thiophene rings is 1. The Hall–Kier alpha value is -0.390. The van der Waals surface area contributed by atoms with E-state index in [1.807, 2.05) is 11.3 Å². The molecular formula is C15H18INS. The lowest BCUT2D eigenvalue weighted by Crippen LogP contribution is -2.14. The van der Waals surface area contributed by atoms with E-state index < -0.39 is 0 Å². The first-order valence-electron chi connectivity index (χ1n) is 6.11. The van der Waals surface area contributed by atoms with Gasteiger partial charge in [0.15, 0.2) is 0 Å². The standard InChI is InChI=1S/C15H18INS/c1-9(2)15(17)14-7-6-13(18-14)12-8-11(16)5-4-10(12)3/h4-9,15H,17H2,1-3H3. The van der Waals surface area contributed by atoms with Crippen LogP contribution in [0.15, 0.2) is 30.3 Å². The Labute approximate surface area is 127 Å². The highest BCUT2D eigenvalue weighted by atomic mass is 127. The Bertz CT molecular complexity index is 545. The number of hydrogen-bond acceptors (Lipinski definition) is 2. The highest BCUT2D eigenvalue weighted by Gasteiger charge is 2.14. The van der Waals surface area contributed by atoms with Crippen molar-refractivity contribution in [3.63, 3.8) is 0 Å². The molecule has 0 spiro atoms. The molecular weight excluding hydrogens is 353 g/mol. The summed E-state index contributed by atoms with van der Waals surface area (Å²) in [5.41, 5.74) is 8.86. The quantitative estimate of drug-likeness (QED) is 0.757. The van der Waals surface area contributed by atoms with Crippen LogP contribution in [0.4, 0.5) is 0 Å². The Morgan fingerprint density at radius 3 is 2.56 bits per heavy atom. The summed E-state index contributed by atoms with van der Waals surface area (Å²) in [6.45, 7) is 6.49. The molecule has 96 valence electrons. The van der Waals surface area contributed by atoms with Crippen molar-refractivity contribution in [3.05, 3.63) is 44.3 Å². The molecule has 0 saturated carbocycles. The lowest BCUT2D eigenvalue weighted by molar-refractivity contribution is 0.521. The Morgan fingerprint density at radius 1 is 1.17 bits per heavy atom. The van der Waals surface area contributed by atoms with Crippen molar-refractivity contribution in [2.45, 2.75) is 26.8 Å². The second-order valence-electron chi connectivity index (χ2n) is 4.93. The molecule has 1 heterocycles. The van der Waals surface area contributed by atoms with Crippen molar-refractivity contribution in [1.82, 2.24) is 0 Å². The van der Waals surface area contributed by atoms with Gasteiger partial charge in [0.05, 0.1) is 0 Å². The molecule has 0 aliphatic heterocycles. The van der Waals surface area contributed by atoms with Crippen LogP contribution in [0.3, 0.4) is 0 Å². The first-order valence-corrected chi connectivity index (χ1v) is 8.00. The maximum Gasteiger partial charge on any atom is 0.0413 e. The van der Waals surface area contributed by atoms with E-state index in [0.717, 1.165) is 0 Å². The second-order valence-corrected chi connectivity index (χ2v) is 7.29. The van der Waals surface area contributed by atoms with Crippen molar-refractivity contribution in [2.75, 3.05) is 0 Å². The number of rotatable bonds is 3. The van der Waals surface area contributed by atoms with Crippen LogP contribution in [-0.4, -0.2) is 0 Å². The van der Waals surface area contributed by atoms with Crippen molar-refractivity contribution in [1.29, 1.82) is 0 Å². The van der Waals surface area contributed by atoms with Crippen LogP contribution in [0.5, 0.6) is 0 Å². The molecule has 0 fully saturated rings. The van der Waals surface area contributed by atoms with E-state index in [9.17, 15) is 0 Å². The predicted octanol–water partition coefficient (Wildman–Crippen LogP) is 4.98. The van der Waals surface area contributed by atoms with E-state index in [4.69, 9.17) is 5.73 Å². The van der Waals surface area contributed by atoms with Gasteiger partial charge in [-0.2, -0.15) is 0 Å². The molecule has 0 amide bonds. The molecule has 2 aromatic rings. The summed E-state index contributed by atoms with van der Waals surface area (Å²) in [7, 11) is 0. The lowest BCUT2D eigenvalue weighted by atomic mass is 10.0. The molecule has 1 unspecified atom stereocenters. The van der Waals surface area contributed by atoms with E-state index in [1.165, 1.54) is 24.5 Å². The SMILES string of the molecule is Cc1ccc(I)cc1-c1ccc(C(N)C(C)C)s1. The van der Waals surface area contributed by atoms with Crippen molar-refractivity contribution in [2.24, 2.45) is 11.7 Å². The fourth-order valence-corrected chi connectivity index (χ4v) is 3.62. The van der Waals surface area contributed by atoms with Crippen LogP contribution >= 0.6 is 33.9 Å². The van der Waals surface area contributed by atoms with Gasteiger partial charge in [0.25, 0.3) is 0 Å². The Morgan fingerprint density at radius 2 is 1.89 bits per heavy atom. The van der Waals surface area contributed by atoms with Gasteiger partial charge in [-0.3, -0.25) is 0 Å². The smallest absolute Gasteiger partial charge is 0.0413 e. The molecule has 2 N–H and O–H groups in total. The van der Waals surface area contributed by atoms with Gasteiger partial charge >= 0.3 is 0 Å². The first kappa shape index (κ1) is 14.0. The van der Waals surface area contributed by atoms with E-state index in [2.05, 4.69) is 73.7 Å². The average molecular weight is 371 g/mol. The summed E-state index contributed by atoms with van der Waals surface area (Å²) in [4.78, 5) is 2.59. The fraction of sp³-hybridized carbons (Fsp3) is 0.333. The summed E-state index contributed by atoms with van der Waals surface area (Å²) in [6, 6.07) is 11.1. The van der Waals surface area contributed by atoms with E-state index in [0.29, 0.717) is 5.92 Å². The zero-order valence-corrected chi connectivity index (χ0v) is 13.9. The second kappa shape index (κ2) is 5.72. The monoisotopic (exact) mass is 371 g/mol. The molecule has 0 saturated heterocycles. The molecule has 1 aromatic heterocycles. The van der Waals surface area contributed by atoms with Crippen LogP contribution in [0.1, 0.15) is 30.3 Å². The number of hydrogen-bond donors (Lipinski definition) is 1. The molecule has 0 radical (unpaired) electrons. The van der Waals surface area contributed by atoms with Gasteiger partial charge in [-0.25, -0.2) is 0 Å². The third-order valence-corrected chi connectivity index (χ3v) is 5.03. The number of halogens is 1. The van der Waals surface area contributed by atoms with Crippen LogP contribution in [0.2, 0.25) is 0 Å². The van der Waals surface area contributed by atoms with Crippen LogP contribution < -0.4 is 5.73 Å².